The van der Waals surface area contributed by atoms with Crippen molar-refractivity contribution in [1.82, 2.24) is 10.2 Å². The van der Waals surface area contributed by atoms with Crippen LogP contribution in [-0.4, -0.2) is 50.7 Å². The van der Waals surface area contributed by atoms with Crippen molar-refractivity contribution in [2.24, 2.45) is 5.92 Å². The van der Waals surface area contributed by atoms with Gasteiger partial charge < -0.3 is 19.7 Å². The van der Waals surface area contributed by atoms with E-state index in [1.165, 1.54) is 0 Å². The molecule has 1 N–H and O–H groups in total. The number of likely N-dealkylation sites (tertiary alicyclic amines) is 1. The van der Waals surface area contributed by atoms with Gasteiger partial charge in [-0.2, -0.15) is 0 Å². The second-order valence-corrected chi connectivity index (χ2v) is 6.01. The molecule has 1 fully saturated rings. The number of carbonyl (C=O) groups excluding carboxylic acids is 1. The lowest BCUT2D eigenvalue weighted by atomic mass is 9.96. The molecule has 132 valence electrons. The van der Waals surface area contributed by atoms with E-state index in [1.54, 1.807) is 31.4 Å². The molecule has 0 aliphatic carbocycles. The first kappa shape index (κ1) is 18.3. The monoisotopic (exact) mass is 332 g/mol. The van der Waals surface area contributed by atoms with E-state index in [4.69, 9.17) is 9.47 Å². The molecule has 0 unspecified atom stereocenters. The third-order valence-corrected chi connectivity index (χ3v) is 4.35. The molecule has 0 atom stereocenters. The van der Waals surface area contributed by atoms with E-state index in [-0.39, 0.29) is 5.91 Å². The number of amides is 1. The molecule has 5 nitrogen and oxygen atoms in total. The molecule has 1 aliphatic heterocycles. The van der Waals surface area contributed by atoms with Crippen molar-refractivity contribution in [1.29, 1.82) is 0 Å². The average molecular weight is 332 g/mol. The number of carbonyl (C=O) groups is 1. The normalized spacial score (nSPS) is 15.2. The summed E-state index contributed by atoms with van der Waals surface area (Å²) in [6, 6.07) is 5.34. The first-order valence-corrected chi connectivity index (χ1v) is 8.61. The van der Waals surface area contributed by atoms with Gasteiger partial charge >= 0.3 is 0 Å². The third kappa shape index (κ3) is 4.74. The van der Waals surface area contributed by atoms with Gasteiger partial charge in [-0.1, -0.05) is 19.6 Å². The summed E-state index contributed by atoms with van der Waals surface area (Å²) in [6.07, 6.45) is 3.78. The topological polar surface area (TPSA) is 50.8 Å². The van der Waals surface area contributed by atoms with Crippen molar-refractivity contribution >= 4 is 5.91 Å². The predicted molar refractivity (Wildman–Crippen MR) is 95.9 cm³/mol. The molecule has 1 aliphatic rings. The first-order chi connectivity index (χ1) is 11.7. The fraction of sp³-hybridized carbons (Fsp3) is 0.526. The smallest absolute Gasteiger partial charge is 0.253 e. The quantitative estimate of drug-likeness (QED) is 0.744. The molecule has 0 radical (unpaired) electrons. The Balaban J connectivity index is 1.98. The van der Waals surface area contributed by atoms with E-state index < -0.39 is 0 Å². The van der Waals surface area contributed by atoms with E-state index in [1.807, 2.05) is 4.90 Å². The number of nitrogens with one attached hydrogen (secondary N) is 1. The number of hydrogen-bond acceptors (Lipinski definition) is 4. The van der Waals surface area contributed by atoms with Crippen molar-refractivity contribution in [3.8, 4) is 11.5 Å². The third-order valence-electron chi connectivity index (χ3n) is 4.35. The molecule has 1 aromatic rings. The summed E-state index contributed by atoms with van der Waals surface area (Å²) in [7, 11) is 1.58. The van der Waals surface area contributed by atoms with Gasteiger partial charge in [0.2, 0.25) is 0 Å². The molecule has 0 saturated carbocycles. The largest absolute Gasteiger partial charge is 0.493 e. The van der Waals surface area contributed by atoms with Gasteiger partial charge in [-0.05, 0) is 50.0 Å². The number of piperidine rings is 1. The van der Waals surface area contributed by atoms with Crippen LogP contribution in [0.2, 0.25) is 0 Å². The maximum atomic E-state index is 12.7. The van der Waals surface area contributed by atoms with Crippen LogP contribution in [0.3, 0.4) is 0 Å². The molecule has 2 rings (SSSR count). The Morgan fingerprint density at radius 3 is 2.75 bits per heavy atom. The summed E-state index contributed by atoms with van der Waals surface area (Å²) in [6.45, 7) is 9.82. The summed E-state index contributed by atoms with van der Waals surface area (Å²) in [4.78, 5) is 14.6. The van der Waals surface area contributed by atoms with E-state index in [2.05, 4.69) is 18.8 Å². The maximum Gasteiger partial charge on any atom is 0.253 e. The lowest BCUT2D eigenvalue weighted by Gasteiger charge is -2.32. The second-order valence-electron chi connectivity index (χ2n) is 6.01. The highest BCUT2D eigenvalue weighted by atomic mass is 16.5. The summed E-state index contributed by atoms with van der Waals surface area (Å²) in [5, 5.41) is 3.39. The lowest BCUT2D eigenvalue weighted by Crippen LogP contribution is -2.40. The number of methoxy groups -OCH3 is 1. The highest BCUT2D eigenvalue weighted by molar-refractivity contribution is 5.95. The Labute approximate surface area is 144 Å². The minimum Gasteiger partial charge on any atom is -0.493 e. The zero-order chi connectivity index (χ0) is 17.4. The molecule has 1 saturated heterocycles. The zero-order valence-corrected chi connectivity index (χ0v) is 14.7. The fourth-order valence-electron chi connectivity index (χ4n) is 2.94. The Morgan fingerprint density at radius 1 is 1.38 bits per heavy atom. The molecular weight excluding hydrogens is 304 g/mol. The molecule has 0 spiro atoms. The first-order valence-electron chi connectivity index (χ1n) is 8.61. The van der Waals surface area contributed by atoms with E-state index in [0.29, 0.717) is 29.6 Å². The molecule has 24 heavy (non-hydrogen) atoms. The summed E-state index contributed by atoms with van der Waals surface area (Å²) >= 11 is 0. The van der Waals surface area contributed by atoms with Crippen LogP contribution in [0, 0.1) is 5.92 Å². The van der Waals surface area contributed by atoms with Gasteiger partial charge in [0.15, 0.2) is 11.5 Å². The molecular formula is C19H28N2O3. The minimum atomic E-state index is 0.0606. The Morgan fingerprint density at radius 2 is 2.12 bits per heavy atom. The van der Waals surface area contributed by atoms with Crippen LogP contribution >= 0.6 is 0 Å². The van der Waals surface area contributed by atoms with Crippen LogP contribution in [0.1, 0.15) is 30.1 Å². The zero-order valence-electron chi connectivity index (χ0n) is 14.7. The van der Waals surface area contributed by atoms with Crippen molar-refractivity contribution < 1.29 is 14.3 Å². The molecule has 0 bridgehead atoms. The lowest BCUT2D eigenvalue weighted by molar-refractivity contribution is 0.0690. The average Bonchev–Trinajstić information content (AvgIpc) is 2.64. The summed E-state index contributed by atoms with van der Waals surface area (Å²) < 4.78 is 10.9. The van der Waals surface area contributed by atoms with Crippen molar-refractivity contribution in [3.63, 3.8) is 0 Å². The second kappa shape index (κ2) is 9.33. The van der Waals surface area contributed by atoms with Crippen LogP contribution in [0.4, 0.5) is 0 Å². The van der Waals surface area contributed by atoms with Gasteiger partial charge in [0.05, 0.1) is 7.11 Å². The SMILES string of the molecule is C=CCOc1ccc(C(=O)N2CCC(CNCC)CC2)cc1OC. The number of hydrogen-bond donors (Lipinski definition) is 1. The highest BCUT2D eigenvalue weighted by Crippen LogP contribution is 2.29. The fourth-order valence-corrected chi connectivity index (χ4v) is 2.94. The Kier molecular flexibility index (Phi) is 7.12. The van der Waals surface area contributed by atoms with Crippen molar-refractivity contribution in [2.75, 3.05) is 39.9 Å². The minimum absolute atomic E-state index is 0.0606. The number of nitrogens with zero attached hydrogens (tertiary/aromatic N) is 1. The van der Waals surface area contributed by atoms with E-state index in [0.717, 1.165) is 39.0 Å². The molecule has 0 aromatic heterocycles. The number of rotatable bonds is 8. The van der Waals surface area contributed by atoms with Gasteiger partial charge in [-0.25, -0.2) is 0 Å². The van der Waals surface area contributed by atoms with E-state index in [9.17, 15) is 4.79 Å². The van der Waals surface area contributed by atoms with Gasteiger partial charge in [0, 0.05) is 18.7 Å². The van der Waals surface area contributed by atoms with Crippen LogP contribution in [0.15, 0.2) is 30.9 Å². The van der Waals surface area contributed by atoms with Crippen LogP contribution in [0.25, 0.3) is 0 Å². The van der Waals surface area contributed by atoms with Crippen molar-refractivity contribution in [3.05, 3.63) is 36.4 Å². The van der Waals surface area contributed by atoms with Gasteiger partial charge in [0.25, 0.3) is 5.91 Å². The van der Waals surface area contributed by atoms with E-state index >= 15 is 0 Å². The molecule has 1 amide bonds. The summed E-state index contributed by atoms with van der Waals surface area (Å²) in [5.74, 6) is 1.92. The summed E-state index contributed by atoms with van der Waals surface area (Å²) in [5.41, 5.74) is 0.642. The Hall–Kier alpha value is -2.01. The van der Waals surface area contributed by atoms with Gasteiger partial charge in [-0.3, -0.25) is 4.79 Å². The highest BCUT2D eigenvalue weighted by Gasteiger charge is 2.24. The van der Waals surface area contributed by atoms with Crippen molar-refractivity contribution in [2.45, 2.75) is 19.8 Å². The van der Waals surface area contributed by atoms with Gasteiger partial charge in [-0.15, -0.1) is 0 Å². The van der Waals surface area contributed by atoms with Crippen LogP contribution in [-0.2, 0) is 0 Å². The van der Waals surface area contributed by atoms with Crippen LogP contribution in [0.5, 0.6) is 11.5 Å². The molecule has 5 heteroatoms. The molecule has 1 aromatic carbocycles. The number of ether oxygens (including phenoxy) is 2. The Bertz CT molecular complexity index is 552. The number of benzene rings is 1. The predicted octanol–water partition coefficient (Wildman–Crippen LogP) is 2.72. The van der Waals surface area contributed by atoms with Crippen LogP contribution < -0.4 is 14.8 Å². The van der Waals surface area contributed by atoms with Gasteiger partial charge in [0.1, 0.15) is 6.61 Å². The maximum absolute atomic E-state index is 12.7. The standard InChI is InChI=1S/C19H28N2O3/c1-4-12-24-17-7-6-16(13-18(17)23-3)19(22)21-10-8-15(9-11-21)14-20-5-2/h4,6-7,13,15,20H,1,5,8-12,14H2,2-3H3. The molecule has 1 heterocycles.